The fourth-order valence-electron chi connectivity index (χ4n) is 3.66. The molecule has 1 aliphatic rings. The lowest BCUT2D eigenvalue weighted by Gasteiger charge is -2.32. The second kappa shape index (κ2) is 7.63. The van der Waals surface area contributed by atoms with Gasteiger partial charge in [-0.1, -0.05) is 36.9 Å². The molecule has 1 fully saturated rings. The lowest BCUT2D eigenvalue weighted by atomic mass is 10.1. The molecule has 1 aliphatic heterocycles. The van der Waals surface area contributed by atoms with Crippen molar-refractivity contribution in [2.75, 3.05) is 19.6 Å². The van der Waals surface area contributed by atoms with E-state index in [2.05, 4.69) is 71.2 Å². The minimum absolute atomic E-state index is 0.512. The Hall–Kier alpha value is -1.78. The summed E-state index contributed by atoms with van der Waals surface area (Å²) in [5.41, 5.74) is 1.10. The van der Waals surface area contributed by atoms with Crippen molar-refractivity contribution in [3.63, 3.8) is 0 Å². The smallest absolute Gasteiger partial charge is 0.0924 e. The lowest BCUT2D eigenvalue weighted by molar-refractivity contribution is 0.171. The molecule has 0 N–H and O–H groups in total. The first-order valence-corrected chi connectivity index (χ1v) is 10.1. The summed E-state index contributed by atoms with van der Waals surface area (Å²) >= 11 is 1.81. The molecule has 0 amide bonds. The van der Waals surface area contributed by atoms with Crippen LogP contribution in [0.4, 0.5) is 0 Å². The summed E-state index contributed by atoms with van der Waals surface area (Å²) in [6, 6.07) is 17.7. The second-order valence-electron chi connectivity index (χ2n) is 6.84. The van der Waals surface area contributed by atoms with Crippen LogP contribution in [0.2, 0.25) is 0 Å². The minimum atomic E-state index is 0.512. The zero-order chi connectivity index (χ0) is 17.1. The van der Waals surface area contributed by atoms with E-state index in [1.807, 2.05) is 11.8 Å². The number of nitrogens with zero attached hydrogens (tertiary/aromatic N) is 3. The lowest BCUT2D eigenvalue weighted by Crippen LogP contribution is -2.37. The van der Waals surface area contributed by atoms with E-state index in [-0.39, 0.29) is 0 Å². The molecule has 2 heterocycles. The van der Waals surface area contributed by atoms with Crippen LogP contribution in [0.25, 0.3) is 10.9 Å². The van der Waals surface area contributed by atoms with E-state index in [0.29, 0.717) is 6.04 Å². The van der Waals surface area contributed by atoms with Crippen molar-refractivity contribution in [2.45, 2.75) is 42.0 Å². The van der Waals surface area contributed by atoms with Gasteiger partial charge in [-0.2, -0.15) is 5.10 Å². The molecule has 2 aromatic carbocycles. The van der Waals surface area contributed by atoms with Crippen molar-refractivity contribution in [2.24, 2.45) is 0 Å². The van der Waals surface area contributed by atoms with E-state index in [0.717, 1.165) is 12.1 Å². The first kappa shape index (κ1) is 16.7. The summed E-state index contributed by atoms with van der Waals surface area (Å²) in [7, 11) is 0. The highest BCUT2D eigenvalue weighted by Gasteiger charge is 2.21. The molecule has 4 heteroatoms. The molecule has 0 unspecified atom stereocenters. The largest absolute Gasteiger partial charge is 0.301 e. The summed E-state index contributed by atoms with van der Waals surface area (Å²) in [6.07, 6.45) is 5.98. The van der Waals surface area contributed by atoms with Crippen LogP contribution in [0, 0.1) is 0 Å². The van der Waals surface area contributed by atoms with Crippen molar-refractivity contribution < 1.29 is 0 Å². The fraction of sp³-hybridized carbons (Fsp3) is 0.381. The van der Waals surface area contributed by atoms with Gasteiger partial charge in [-0.15, -0.1) is 0 Å². The molecular weight excluding hydrogens is 326 g/mol. The Morgan fingerprint density at radius 1 is 1.12 bits per heavy atom. The summed E-state index contributed by atoms with van der Waals surface area (Å²) in [6.45, 7) is 5.84. The van der Waals surface area contributed by atoms with E-state index >= 15 is 0 Å². The zero-order valence-electron chi connectivity index (χ0n) is 14.8. The average molecular weight is 352 g/mol. The molecule has 1 aromatic heterocycles. The minimum Gasteiger partial charge on any atom is -0.301 e. The number of likely N-dealkylation sites (tertiary alicyclic amines) is 1. The van der Waals surface area contributed by atoms with Gasteiger partial charge in [0.15, 0.2) is 0 Å². The molecule has 3 nitrogen and oxygen atoms in total. The normalized spacial score (nSPS) is 18.7. The zero-order valence-corrected chi connectivity index (χ0v) is 15.6. The Morgan fingerprint density at radius 3 is 2.84 bits per heavy atom. The second-order valence-corrected chi connectivity index (χ2v) is 7.99. The van der Waals surface area contributed by atoms with E-state index < -0.39 is 0 Å². The Labute approximate surface area is 154 Å². The van der Waals surface area contributed by atoms with Gasteiger partial charge in [0, 0.05) is 27.9 Å². The van der Waals surface area contributed by atoms with E-state index in [4.69, 9.17) is 5.10 Å². The Balaban J connectivity index is 1.54. The van der Waals surface area contributed by atoms with E-state index in [9.17, 15) is 0 Å². The molecule has 130 valence electrons. The Morgan fingerprint density at radius 2 is 2.00 bits per heavy atom. The van der Waals surface area contributed by atoms with Crippen LogP contribution in [0.15, 0.2) is 64.5 Å². The third kappa shape index (κ3) is 3.91. The SMILES string of the molecule is CCCN1CCC[C@@H](n2cc3cc(Sc4ccccc4)ccc3n2)C1. The first-order valence-electron chi connectivity index (χ1n) is 9.26. The van der Waals surface area contributed by atoms with Gasteiger partial charge in [0.2, 0.25) is 0 Å². The maximum atomic E-state index is 4.86. The summed E-state index contributed by atoms with van der Waals surface area (Å²) in [5.74, 6) is 0. The number of hydrogen-bond donors (Lipinski definition) is 0. The topological polar surface area (TPSA) is 21.1 Å². The molecule has 0 bridgehead atoms. The van der Waals surface area contributed by atoms with Gasteiger partial charge in [0.25, 0.3) is 0 Å². The van der Waals surface area contributed by atoms with Crippen LogP contribution in [0.3, 0.4) is 0 Å². The van der Waals surface area contributed by atoms with Crippen LogP contribution in [0.1, 0.15) is 32.2 Å². The van der Waals surface area contributed by atoms with E-state index in [1.54, 1.807) is 0 Å². The van der Waals surface area contributed by atoms with Crippen LogP contribution in [0.5, 0.6) is 0 Å². The summed E-state index contributed by atoms with van der Waals surface area (Å²) in [5, 5.41) is 6.10. The standard InChI is InChI=1S/C21H25N3S/c1-2-12-23-13-6-7-18(16-23)24-15-17-14-20(10-11-21(17)22-24)25-19-8-4-3-5-9-19/h3-5,8-11,14-15,18H,2,6-7,12-13,16H2,1H3/t18-/m1/s1. The van der Waals surface area contributed by atoms with Gasteiger partial charge in [0.1, 0.15) is 0 Å². The molecule has 0 radical (unpaired) electrons. The molecule has 3 aromatic rings. The van der Waals surface area contributed by atoms with Gasteiger partial charge in [-0.3, -0.25) is 4.68 Å². The highest BCUT2D eigenvalue weighted by Crippen LogP contribution is 2.30. The first-order chi connectivity index (χ1) is 12.3. The number of benzene rings is 2. The van der Waals surface area contributed by atoms with Gasteiger partial charge in [-0.05, 0) is 62.7 Å². The van der Waals surface area contributed by atoms with Crippen LogP contribution in [-0.2, 0) is 0 Å². The van der Waals surface area contributed by atoms with Crippen LogP contribution >= 0.6 is 11.8 Å². The third-order valence-corrected chi connectivity index (χ3v) is 5.86. The van der Waals surface area contributed by atoms with Crippen LogP contribution in [-0.4, -0.2) is 34.3 Å². The van der Waals surface area contributed by atoms with Crippen molar-refractivity contribution in [3.8, 4) is 0 Å². The highest BCUT2D eigenvalue weighted by atomic mass is 32.2. The molecule has 1 saturated heterocycles. The van der Waals surface area contributed by atoms with Crippen molar-refractivity contribution in [1.29, 1.82) is 0 Å². The van der Waals surface area contributed by atoms with Crippen molar-refractivity contribution >= 4 is 22.7 Å². The summed E-state index contributed by atoms with van der Waals surface area (Å²) < 4.78 is 2.21. The summed E-state index contributed by atoms with van der Waals surface area (Å²) in [4.78, 5) is 5.13. The third-order valence-electron chi connectivity index (χ3n) is 4.87. The predicted octanol–water partition coefficient (Wildman–Crippen LogP) is 5.23. The van der Waals surface area contributed by atoms with Gasteiger partial charge in [-0.25, -0.2) is 0 Å². The number of rotatable bonds is 5. The monoisotopic (exact) mass is 351 g/mol. The number of fused-ring (bicyclic) bond motifs is 1. The predicted molar refractivity (Wildman–Crippen MR) is 105 cm³/mol. The van der Waals surface area contributed by atoms with Gasteiger partial charge >= 0.3 is 0 Å². The number of aromatic nitrogens is 2. The number of hydrogen-bond acceptors (Lipinski definition) is 3. The highest BCUT2D eigenvalue weighted by molar-refractivity contribution is 7.99. The molecule has 0 aliphatic carbocycles. The fourth-order valence-corrected chi connectivity index (χ4v) is 4.55. The Bertz CT molecular complexity index is 826. The maximum Gasteiger partial charge on any atom is 0.0924 e. The molecule has 1 atom stereocenters. The molecule has 25 heavy (non-hydrogen) atoms. The van der Waals surface area contributed by atoms with E-state index in [1.165, 1.54) is 47.5 Å². The Kier molecular flexibility index (Phi) is 5.09. The van der Waals surface area contributed by atoms with Crippen LogP contribution < -0.4 is 0 Å². The number of piperidine rings is 1. The average Bonchev–Trinajstić information content (AvgIpc) is 3.07. The molecule has 4 rings (SSSR count). The molecule has 0 saturated carbocycles. The molecular formula is C21H25N3S. The quantitative estimate of drug-likeness (QED) is 0.628. The maximum absolute atomic E-state index is 4.86. The molecule has 0 spiro atoms. The van der Waals surface area contributed by atoms with Crippen molar-refractivity contribution in [1.82, 2.24) is 14.7 Å². The van der Waals surface area contributed by atoms with Gasteiger partial charge in [0.05, 0.1) is 11.6 Å². The van der Waals surface area contributed by atoms with Crippen molar-refractivity contribution in [3.05, 3.63) is 54.7 Å². The van der Waals surface area contributed by atoms with Gasteiger partial charge < -0.3 is 4.90 Å².